The average molecular weight is 267 g/mol. The van der Waals surface area contributed by atoms with E-state index in [1.165, 1.54) is 27.8 Å². The average Bonchev–Trinajstić information content (AvgIpc) is 2.92. The van der Waals surface area contributed by atoms with Crippen LogP contribution in [-0.4, -0.2) is 6.54 Å². The van der Waals surface area contributed by atoms with E-state index in [0.29, 0.717) is 0 Å². The quantitative estimate of drug-likeness (QED) is 0.911. The molecule has 0 amide bonds. The number of hydrogen-bond donors (Lipinski definition) is 1. The van der Waals surface area contributed by atoms with Crippen molar-refractivity contribution in [2.24, 2.45) is 0 Å². The van der Waals surface area contributed by atoms with Crippen molar-refractivity contribution in [3.63, 3.8) is 0 Å². The van der Waals surface area contributed by atoms with Gasteiger partial charge in [0.1, 0.15) is 0 Å². The van der Waals surface area contributed by atoms with Crippen molar-refractivity contribution in [3.05, 3.63) is 70.3 Å². The van der Waals surface area contributed by atoms with Crippen LogP contribution in [0.15, 0.2) is 42.5 Å². The second kappa shape index (κ2) is 5.78. The lowest BCUT2D eigenvalue weighted by Crippen LogP contribution is -2.22. The van der Waals surface area contributed by atoms with Crippen molar-refractivity contribution in [2.75, 3.05) is 6.54 Å². The van der Waals surface area contributed by atoms with E-state index in [1.807, 2.05) is 0 Å². The van der Waals surface area contributed by atoms with E-state index >= 15 is 0 Å². The van der Waals surface area contributed by atoms with Crippen LogP contribution in [0.4, 0.5) is 0 Å². The Morgan fingerprint density at radius 2 is 1.85 bits per heavy atom. The SMILES string of the molecule is CCNC(c1cccc(C)c1)c1ccc2c(c1)COC2. The van der Waals surface area contributed by atoms with Gasteiger partial charge >= 0.3 is 0 Å². The first-order valence-electron chi connectivity index (χ1n) is 7.27. The molecule has 0 saturated heterocycles. The molecule has 0 aromatic heterocycles. The van der Waals surface area contributed by atoms with Crippen LogP contribution in [0.2, 0.25) is 0 Å². The monoisotopic (exact) mass is 267 g/mol. The van der Waals surface area contributed by atoms with Crippen molar-refractivity contribution in [1.29, 1.82) is 0 Å². The van der Waals surface area contributed by atoms with Gasteiger partial charge in [0.2, 0.25) is 0 Å². The molecule has 1 N–H and O–H groups in total. The lowest BCUT2D eigenvalue weighted by atomic mass is 9.95. The maximum Gasteiger partial charge on any atom is 0.0725 e. The standard InChI is InChI=1S/C18H21NO/c1-3-19-18(14-6-4-5-13(2)9-14)15-7-8-16-11-20-12-17(16)10-15/h4-10,18-19H,3,11-12H2,1-2H3. The molecule has 0 bridgehead atoms. The summed E-state index contributed by atoms with van der Waals surface area (Å²) in [5, 5.41) is 3.59. The van der Waals surface area contributed by atoms with Crippen molar-refractivity contribution < 1.29 is 4.74 Å². The van der Waals surface area contributed by atoms with Gasteiger partial charge in [0.25, 0.3) is 0 Å². The van der Waals surface area contributed by atoms with Gasteiger partial charge in [0, 0.05) is 0 Å². The Hall–Kier alpha value is -1.64. The Kier molecular flexibility index (Phi) is 3.86. The number of rotatable bonds is 4. The second-order valence-electron chi connectivity index (χ2n) is 5.43. The molecule has 0 fully saturated rings. The van der Waals surface area contributed by atoms with E-state index < -0.39 is 0 Å². The zero-order valence-corrected chi connectivity index (χ0v) is 12.1. The first kappa shape index (κ1) is 13.3. The van der Waals surface area contributed by atoms with E-state index in [4.69, 9.17) is 4.74 Å². The minimum Gasteiger partial charge on any atom is -0.372 e. The van der Waals surface area contributed by atoms with Crippen LogP contribution in [0.25, 0.3) is 0 Å². The lowest BCUT2D eigenvalue weighted by Gasteiger charge is -2.20. The minimum atomic E-state index is 0.255. The maximum absolute atomic E-state index is 5.51. The highest BCUT2D eigenvalue weighted by molar-refractivity contribution is 5.39. The molecule has 0 spiro atoms. The van der Waals surface area contributed by atoms with Gasteiger partial charge in [-0.2, -0.15) is 0 Å². The zero-order chi connectivity index (χ0) is 13.9. The molecule has 1 heterocycles. The van der Waals surface area contributed by atoms with Gasteiger partial charge in [-0.05, 0) is 35.7 Å². The molecule has 0 radical (unpaired) electrons. The summed E-state index contributed by atoms with van der Waals surface area (Å²) in [7, 11) is 0. The molecule has 2 aromatic carbocycles. The molecular weight excluding hydrogens is 246 g/mol. The Morgan fingerprint density at radius 1 is 1.05 bits per heavy atom. The number of aryl methyl sites for hydroxylation is 1. The van der Waals surface area contributed by atoms with Crippen LogP contribution in [0.5, 0.6) is 0 Å². The minimum absolute atomic E-state index is 0.255. The number of ether oxygens (including phenoxy) is 1. The van der Waals surface area contributed by atoms with Gasteiger partial charge in [-0.1, -0.05) is 55.0 Å². The normalized spacial score (nSPS) is 15.1. The van der Waals surface area contributed by atoms with Crippen LogP contribution in [0.3, 0.4) is 0 Å². The van der Waals surface area contributed by atoms with Crippen molar-refractivity contribution >= 4 is 0 Å². The molecular formula is C18H21NO. The highest BCUT2D eigenvalue weighted by atomic mass is 16.5. The van der Waals surface area contributed by atoms with E-state index in [-0.39, 0.29) is 6.04 Å². The molecule has 2 nitrogen and oxygen atoms in total. The molecule has 1 aliphatic rings. The first-order chi connectivity index (χ1) is 9.78. The van der Waals surface area contributed by atoms with Crippen LogP contribution in [-0.2, 0) is 18.0 Å². The van der Waals surface area contributed by atoms with Crippen molar-refractivity contribution in [3.8, 4) is 0 Å². The fourth-order valence-electron chi connectivity index (χ4n) is 2.85. The molecule has 1 aliphatic heterocycles. The number of nitrogens with one attached hydrogen (secondary N) is 1. The van der Waals surface area contributed by atoms with E-state index in [2.05, 4.69) is 61.6 Å². The molecule has 20 heavy (non-hydrogen) atoms. The van der Waals surface area contributed by atoms with Crippen molar-refractivity contribution in [2.45, 2.75) is 33.1 Å². The van der Waals surface area contributed by atoms with Crippen LogP contribution < -0.4 is 5.32 Å². The molecule has 2 aromatic rings. The predicted molar refractivity (Wildman–Crippen MR) is 81.6 cm³/mol. The third kappa shape index (κ3) is 2.62. The summed E-state index contributed by atoms with van der Waals surface area (Å²) >= 11 is 0. The van der Waals surface area contributed by atoms with Crippen LogP contribution in [0, 0.1) is 6.92 Å². The van der Waals surface area contributed by atoms with Gasteiger partial charge in [0.15, 0.2) is 0 Å². The number of benzene rings is 2. The fourth-order valence-corrected chi connectivity index (χ4v) is 2.85. The molecule has 3 rings (SSSR count). The smallest absolute Gasteiger partial charge is 0.0725 e. The molecule has 104 valence electrons. The van der Waals surface area contributed by atoms with Crippen molar-refractivity contribution in [1.82, 2.24) is 5.32 Å². The topological polar surface area (TPSA) is 21.3 Å². The summed E-state index contributed by atoms with van der Waals surface area (Å²) in [5.41, 5.74) is 6.61. The van der Waals surface area contributed by atoms with Gasteiger partial charge in [-0.3, -0.25) is 0 Å². The zero-order valence-electron chi connectivity index (χ0n) is 12.1. The number of fused-ring (bicyclic) bond motifs is 1. The molecule has 1 atom stereocenters. The van der Waals surface area contributed by atoms with Gasteiger partial charge in [0.05, 0.1) is 19.3 Å². The summed E-state index contributed by atoms with van der Waals surface area (Å²) < 4.78 is 5.51. The summed E-state index contributed by atoms with van der Waals surface area (Å²) in [5.74, 6) is 0. The highest BCUT2D eigenvalue weighted by Crippen LogP contribution is 2.28. The Balaban J connectivity index is 1.98. The van der Waals surface area contributed by atoms with Gasteiger partial charge in [-0.25, -0.2) is 0 Å². The van der Waals surface area contributed by atoms with Gasteiger partial charge in [-0.15, -0.1) is 0 Å². The molecule has 1 unspecified atom stereocenters. The molecule has 0 aliphatic carbocycles. The second-order valence-corrected chi connectivity index (χ2v) is 5.43. The predicted octanol–water partition coefficient (Wildman–Crippen LogP) is 3.72. The number of hydrogen-bond acceptors (Lipinski definition) is 2. The van der Waals surface area contributed by atoms with Gasteiger partial charge < -0.3 is 10.1 Å². The Morgan fingerprint density at radius 3 is 2.65 bits per heavy atom. The summed E-state index contributed by atoms with van der Waals surface area (Å²) in [6.45, 7) is 6.75. The summed E-state index contributed by atoms with van der Waals surface area (Å²) in [4.78, 5) is 0. The summed E-state index contributed by atoms with van der Waals surface area (Å²) in [6.07, 6.45) is 0. The fraction of sp³-hybridized carbons (Fsp3) is 0.333. The van der Waals surface area contributed by atoms with Crippen LogP contribution in [0.1, 0.15) is 40.8 Å². The van der Waals surface area contributed by atoms with E-state index in [0.717, 1.165) is 19.8 Å². The van der Waals surface area contributed by atoms with Crippen LogP contribution >= 0.6 is 0 Å². The van der Waals surface area contributed by atoms with E-state index in [1.54, 1.807) is 0 Å². The largest absolute Gasteiger partial charge is 0.372 e. The first-order valence-corrected chi connectivity index (χ1v) is 7.27. The summed E-state index contributed by atoms with van der Waals surface area (Å²) in [6, 6.07) is 15.7. The third-order valence-corrected chi connectivity index (χ3v) is 3.86. The van der Waals surface area contributed by atoms with E-state index in [9.17, 15) is 0 Å². The maximum atomic E-state index is 5.51. The Bertz CT molecular complexity index is 606. The lowest BCUT2D eigenvalue weighted by molar-refractivity contribution is 0.134. The Labute approximate surface area is 120 Å². The highest BCUT2D eigenvalue weighted by Gasteiger charge is 2.17. The third-order valence-electron chi connectivity index (χ3n) is 3.86. The molecule has 2 heteroatoms. The molecule has 0 saturated carbocycles.